The fourth-order valence-corrected chi connectivity index (χ4v) is 3.12. The molecule has 0 atom stereocenters. The molecule has 0 spiro atoms. The van der Waals surface area contributed by atoms with Crippen LogP contribution in [0.4, 0.5) is 0 Å². The lowest BCUT2D eigenvalue weighted by Crippen LogP contribution is -2.48. The minimum absolute atomic E-state index is 0.101. The molecule has 2 aromatic rings. The van der Waals surface area contributed by atoms with E-state index in [0.29, 0.717) is 0 Å². The van der Waals surface area contributed by atoms with Gasteiger partial charge in [0.2, 0.25) is 0 Å². The molecule has 0 aliphatic carbocycles. The van der Waals surface area contributed by atoms with Crippen molar-refractivity contribution in [2.45, 2.75) is 13.8 Å². The molecule has 1 aromatic heterocycles. The molecular weight excluding hydrogens is 310 g/mol. The number of carbonyl (C=O) groups excluding carboxylic acids is 1. The van der Waals surface area contributed by atoms with Crippen molar-refractivity contribution in [1.82, 2.24) is 14.8 Å². The first-order valence-corrected chi connectivity index (χ1v) is 8.81. The van der Waals surface area contributed by atoms with Crippen molar-refractivity contribution in [3.05, 3.63) is 71.1 Å². The quantitative estimate of drug-likeness (QED) is 0.861. The number of carbonyl (C=O) groups is 1. The molecule has 130 valence electrons. The van der Waals surface area contributed by atoms with E-state index in [1.807, 2.05) is 49.1 Å². The predicted molar refractivity (Wildman–Crippen MR) is 102 cm³/mol. The maximum absolute atomic E-state index is 12.7. The number of rotatable bonds is 4. The van der Waals surface area contributed by atoms with Gasteiger partial charge in [-0.05, 0) is 31.5 Å². The first-order chi connectivity index (χ1) is 12.1. The van der Waals surface area contributed by atoms with Crippen molar-refractivity contribution in [2.24, 2.45) is 0 Å². The SMILES string of the molecule is Cc1ccc(C(=O)N2CCN(C/C=C/c3ccccc3)CC2)c(C)n1. The van der Waals surface area contributed by atoms with Crippen LogP contribution in [-0.2, 0) is 0 Å². The number of benzene rings is 1. The van der Waals surface area contributed by atoms with Crippen LogP contribution < -0.4 is 0 Å². The fraction of sp³-hybridized carbons (Fsp3) is 0.333. The van der Waals surface area contributed by atoms with Gasteiger partial charge < -0.3 is 4.90 Å². The number of piperazine rings is 1. The molecule has 1 amide bonds. The first kappa shape index (κ1) is 17.4. The Labute approximate surface area is 149 Å². The Hall–Kier alpha value is -2.46. The van der Waals surface area contributed by atoms with Crippen LogP contribution in [0.25, 0.3) is 6.08 Å². The molecule has 4 nitrogen and oxygen atoms in total. The van der Waals surface area contributed by atoms with Gasteiger partial charge >= 0.3 is 0 Å². The van der Waals surface area contributed by atoms with Crippen LogP contribution in [-0.4, -0.2) is 53.4 Å². The molecule has 0 bridgehead atoms. The number of amides is 1. The van der Waals surface area contributed by atoms with E-state index >= 15 is 0 Å². The second-order valence-electron chi connectivity index (χ2n) is 6.49. The van der Waals surface area contributed by atoms with Crippen molar-refractivity contribution >= 4 is 12.0 Å². The van der Waals surface area contributed by atoms with Crippen LogP contribution in [0.1, 0.15) is 27.3 Å². The van der Waals surface area contributed by atoms with Gasteiger partial charge in [0.15, 0.2) is 0 Å². The van der Waals surface area contributed by atoms with Crippen LogP contribution in [0.3, 0.4) is 0 Å². The summed E-state index contributed by atoms with van der Waals surface area (Å²) in [4.78, 5) is 21.4. The smallest absolute Gasteiger partial charge is 0.255 e. The number of pyridine rings is 1. The molecule has 0 N–H and O–H groups in total. The minimum Gasteiger partial charge on any atom is -0.336 e. The second kappa shape index (κ2) is 8.08. The largest absolute Gasteiger partial charge is 0.336 e. The molecular formula is C21H25N3O. The van der Waals surface area contributed by atoms with Gasteiger partial charge in [-0.3, -0.25) is 14.7 Å². The summed E-state index contributed by atoms with van der Waals surface area (Å²) in [5.41, 5.74) is 3.71. The van der Waals surface area contributed by atoms with Crippen LogP contribution in [0.2, 0.25) is 0 Å². The van der Waals surface area contributed by atoms with E-state index in [9.17, 15) is 4.79 Å². The van der Waals surface area contributed by atoms with Crippen LogP contribution in [0, 0.1) is 13.8 Å². The molecule has 0 unspecified atom stereocenters. The van der Waals surface area contributed by atoms with Crippen LogP contribution in [0.5, 0.6) is 0 Å². The highest BCUT2D eigenvalue weighted by Gasteiger charge is 2.22. The van der Waals surface area contributed by atoms with Crippen LogP contribution >= 0.6 is 0 Å². The highest BCUT2D eigenvalue weighted by atomic mass is 16.2. The Morgan fingerprint density at radius 2 is 1.76 bits per heavy atom. The van der Waals surface area contributed by atoms with Crippen molar-refractivity contribution < 1.29 is 4.79 Å². The minimum atomic E-state index is 0.101. The summed E-state index contributed by atoms with van der Waals surface area (Å²) in [6.45, 7) is 8.12. The summed E-state index contributed by atoms with van der Waals surface area (Å²) < 4.78 is 0. The number of nitrogens with zero attached hydrogens (tertiary/aromatic N) is 3. The Morgan fingerprint density at radius 3 is 2.44 bits per heavy atom. The molecule has 3 rings (SSSR count). The first-order valence-electron chi connectivity index (χ1n) is 8.81. The van der Waals surface area contributed by atoms with Crippen molar-refractivity contribution in [3.63, 3.8) is 0 Å². The third-order valence-electron chi connectivity index (χ3n) is 4.59. The van der Waals surface area contributed by atoms with Crippen molar-refractivity contribution in [2.75, 3.05) is 32.7 Å². The molecule has 0 saturated carbocycles. The Kier molecular flexibility index (Phi) is 5.61. The van der Waals surface area contributed by atoms with E-state index in [-0.39, 0.29) is 5.91 Å². The molecule has 25 heavy (non-hydrogen) atoms. The Bertz CT molecular complexity index is 747. The van der Waals surface area contributed by atoms with Gasteiger partial charge in [-0.25, -0.2) is 0 Å². The number of hydrogen-bond acceptors (Lipinski definition) is 3. The van der Waals surface area contributed by atoms with Gasteiger partial charge in [-0.15, -0.1) is 0 Å². The van der Waals surface area contributed by atoms with E-state index in [4.69, 9.17) is 0 Å². The molecule has 1 aliphatic heterocycles. The summed E-state index contributed by atoms with van der Waals surface area (Å²) in [5, 5.41) is 0. The van der Waals surface area contributed by atoms with Gasteiger partial charge in [0.05, 0.1) is 11.3 Å². The van der Waals surface area contributed by atoms with Gasteiger partial charge in [0.25, 0.3) is 5.91 Å². The van der Waals surface area contributed by atoms with E-state index in [1.54, 1.807) is 0 Å². The zero-order valence-electron chi connectivity index (χ0n) is 15.0. The van der Waals surface area contributed by atoms with Gasteiger partial charge in [0, 0.05) is 38.4 Å². The third-order valence-corrected chi connectivity index (χ3v) is 4.59. The molecule has 2 heterocycles. The molecule has 1 fully saturated rings. The summed E-state index contributed by atoms with van der Waals surface area (Å²) in [6.07, 6.45) is 4.35. The lowest BCUT2D eigenvalue weighted by Gasteiger charge is -2.34. The maximum Gasteiger partial charge on any atom is 0.255 e. The van der Waals surface area contributed by atoms with Crippen molar-refractivity contribution in [1.29, 1.82) is 0 Å². The zero-order valence-corrected chi connectivity index (χ0v) is 15.0. The van der Waals surface area contributed by atoms with E-state index < -0.39 is 0 Å². The summed E-state index contributed by atoms with van der Waals surface area (Å²) in [5.74, 6) is 0.101. The number of hydrogen-bond donors (Lipinski definition) is 0. The second-order valence-corrected chi connectivity index (χ2v) is 6.49. The van der Waals surface area contributed by atoms with Gasteiger partial charge in [-0.1, -0.05) is 42.5 Å². The molecule has 1 saturated heterocycles. The highest BCUT2D eigenvalue weighted by Crippen LogP contribution is 2.12. The predicted octanol–water partition coefficient (Wildman–Crippen LogP) is 3.17. The zero-order chi connectivity index (χ0) is 17.6. The van der Waals surface area contributed by atoms with Crippen LogP contribution in [0.15, 0.2) is 48.5 Å². The summed E-state index contributed by atoms with van der Waals surface area (Å²) >= 11 is 0. The lowest BCUT2D eigenvalue weighted by atomic mass is 10.1. The number of aryl methyl sites for hydroxylation is 2. The number of aromatic nitrogens is 1. The Morgan fingerprint density at radius 1 is 1.04 bits per heavy atom. The molecule has 1 aromatic carbocycles. The maximum atomic E-state index is 12.7. The van der Waals surface area contributed by atoms with E-state index in [2.05, 4.69) is 34.2 Å². The lowest BCUT2D eigenvalue weighted by molar-refractivity contribution is 0.0649. The molecule has 1 aliphatic rings. The Balaban J connectivity index is 1.51. The van der Waals surface area contributed by atoms with Crippen molar-refractivity contribution in [3.8, 4) is 0 Å². The topological polar surface area (TPSA) is 36.4 Å². The van der Waals surface area contributed by atoms with E-state index in [1.165, 1.54) is 5.56 Å². The average molecular weight is 335 g/mol. The standard InChI is InChI=1S/C21H25N3O/c1-17-10-11-20(18(2)22-17)21(25)24-15-13-23(14-16-24)12-6-9-19-7-4-3-5-8-19/h3-11H,12-16H2,1-2H3/b9-6+. The van der Waals surface area contributed by atoms with E-state index in [0.717, 1.165) is 49.7 Å². The summed E-state index contributed by atoms with van der Waals surface area (Å²) in [6, 6.07) is 14.1. The molecule has 0 radical (unpaired) electrons. The molecule has 4 heteroatoms. The van der Waals surface area contributed by atoms with Gasteiger partial charge in [0.1, 0.15) is 0 Å². The average Bonchev–Trinajstić information content (AvgIpc) is 2.63. The highest BCUT2D eigenvalue weighted by molar-refractivity contribution is 5.95. The normalized spacial score (nSPS) is 15.7. The monoisotopic (exact) mass is 335 g/mol. The third kappa shape index (κ3) is 4.54. The fourth-order valence-electron chi connectivity index (χ4n) is 3.12. The summed E-state index contributed by atoms with van der Waals surface area (Å²) in [7, 11) is 0. The van der Waals surface area contributed by atoms with Gasteiger partial charge in [-0.2, -0.15) is 0 Å².